The van der Waals surface area contributed by atoms with E-state index in [1.54, 1.807) is 0 Å². The van der Waals surface area contributed by atoms with E-state index in [0.29, 0.717) is 37.6 Å². The fourth-order valence-electron chi connectivity index (χ4n) is 4.85. The number of amides is 1. The van der Waals surface area contributed by atoms with Gasteiger partial charge in [-0.2, -0.15) is 0 Å². The van der Waals surface area contributed by atoms with E-state index in [9.17, 15) is 4.79 Å². The summed E-state index contributed by atoms with van der Waals surface area (Å²) in [6.07, 6.45) is 4.10. The highest BCUT2D eigenvalue weighted by atomic mass is 79.9. The molecule has 0 bridgehead atoms. The topological polar surface area (TPSA) is 92.2 Å². The molecule has 0 spiro atoms. The van der Waals surface area contributed by atoms with Crippen LogP contribution in [0.5, 0.6) is 5.75 Å². The first kappa shape index (κ1) is 30.2. The van der Waals surface area contributed by atoms with Gasteiger partial charge < -0.3 is 14.6 Å². The zero-order valence-corrected chi connectivity index (χ0v) is 25.2. The number of carbonyl (C=O) groups excluding carboxylic acids is 1. The van der Waals surface area contributed by atoms with Gasteiger partial charge in [-0.15, -0.1) is 0 Å². The predicted octanol–water partition coefficient (Wildman–Crippen LogP) is 6.39. The lowest BCUT2D eigenvalue weighted by Gasteiger charge is -2.30. The van der Waals surface area contributed by atoms with Crippen LogP contribution in [0.2, 0.25) is 0 Å². The summed E-state index contributed by atoms with van der Waals surface area (Å²) < 4.78 is 13.1. The van der Waals surface area contributed by atoms with Crippen molar-refractivity contribution in [3.63, 3.8) is 0 Å². The van der Waals surface area contributed by atoms with Crippen LogP contribution in [0.4, 0.5) is 0 Å². The van der Waals surface area contributed by atoms with Crippen molar-refractivity contribution >= 4 is 33.8 Å². The number of hydrazine groups is 1. The summed E-state index contributed by atoms with van der Waals surface area (Å²) in [7, 11) is 0. The summed E-state index contributed by atoms with van der Waals surface area (Å²) in [6, 6.07) is 35.0. The summed E-state index contributed by atoms with van der Waals surface area (Å²) in [6.45, 7) is 0.948. The van der Waals surface area contributed by atoms with Gasteiger partial charge in [-0.1, -0.05) is 107 Å². The van der Waals surface area contributed by atoms with Crippen LogP contribution >= 0.6 is 15.9 Å². The second-order valence-corrected chi connectivity index (χ2v) is 11.0. The number of nitrogens with one attached hydrogen (secondary N) is 2. The molecule has 0 radical (unpaired) electrons. The molecule has 0 fully saturated rings. The number of aliphatic hydroxyl groups excluding tert-OH is 1. The van der Waals surface area contributed by atoms with Crippen LogP contribution in [0.1, 0.15) is 41.2 Å². The number of hydrogen-bond donors (Lipinski definition) is 3. The maximum atomic E-state index is 14.2. The Hall–Kier alpha value is -4.24. The molecule has 220 valence electrons. The monoisotopic (exact) mass is 639 g/mol. The number of aliphatic imine (C=N–C) groups is 1. The van der Waals surface area contributed by atoms with Crippen LogP contribution in [0.15, 0.2) is 125 Å². The largest absolute Gasteiger partial charge is 0.494 e. The molecule has 5 rings (SSSR count). The lowest BCUT2D eigenvalue weighted by atomic mass is 9.84. The summed E-state index contributed by atoms with van der Waals surface area (Å²) in [4.78, 5) is 19.3. The quantitative estimate of drug-likeness (QED) is 0.116. The molecule has 8 heteroatoms. The van der Waals surface area contributed by atoms with E-state index in [-0.39, 0.29) is 12.5 Å². The number of hydrogen-bond acceptors (Lipinski definition) is 6. The predicted molar refractivity (Wildman–Crippen MR) is 172 cm³/mol. The minimum Gasteiger partial charge on any atom is -0.494 e. The van der Waals surface area contributed by atoms with Gasteiger partial charge in [-0.3, -0.25) is 10.2 Å². The minimum absolute atomic E-state index is 0.0717. The van der Waals surface area contributed by atoms with E-state index in [0.717, 1.165) is 26.7 Å². The van der Waals surface area contributed by atoms with Crippen molar-refractivity contribution in [2.45, 2.75) is 31.0 Å². The maximum absolute atomic E-state index is 14.2. The van der Waals surface area contributed by atoms with Gasteiger partial charge in [0.05, 0.1) is 6.61 Å². The van der Waals surface area contributed by atoms with Gasteiger partial charge in [-0.05, 0) is 41.5 Å². The second-order valence-electron chi connectivity index (χ2n) is 10.1. The first-order valence-electron chi connectivity index (χ1n) is 14.2. The van der Waals surface area contributed by atoms with Gasteiger partial charge in [0.1, 0.15) is 5.75 Å². The second kappa shape index (κ2) is 14.8. The molecule has 43 heavy (non-hydrogen) atoms. The van der Waals surface area contributed by atoms with E-state index in [1.165, 1.54) is 0 Å². The first-order valence-corrected chi connectivity index (χ1v) is 15.0. The average Bonchev–Trinajstić information content (AvgIpc) is 3.43. The molecule has 0 saturated heterocycles. The Morgan fingerprint density at radius 3 is 2.37 bits per heavy atom. The summed E-state index contributed by atoms with van der Waals surface area (Å²) in [5.41, 5.74) is 8.31. The van der Waals surface area contributed by atoms with Crippen molar-refractivity contribution in [1.82, 2.24) is 10.9 Å². The molecule has 7 nitrogen and oxygen atoms in total. The zero-order valence-electron chi connectivity index (χ0n) is 23.7. The van der Waals surface area contributed by atoms with Crippen LogP contribution in [0.25, 0.3) is 6.08 Å². The Labute approximate surface area is 260 Å². The van der Waals surface area contributed by atoms with Crippen molar-refractivity contribution in [3.8, 4) is 5.75 Å². The Balaban J connectivity index is 1.49. The Kier molecular flexibility index (Phi) is 10.4. The summed E-state index contributed by atoms with van der Waals surface area (Å²) in [5.74, 6) is 0.743. The molecule has 4 aromatic carbocycles. The third kappa shape index (κ3) is 7.59. The van der Waals surface area contributed by atoms with Gasteiger partial charge in [0.15, 0.2) is 11.6 Å². The fraction of sp³-hybridized carbons (Fsp3) is 0.200. The van der Waals surface area contributed by atoms with Crippen LogP contribution in [0, 0.1) is 0 Å². The van der Waals surface area contributed by atoms with Gasteiger partial charge in [-0.25, -0.2) is 10.4 Å². The van der Waals surface area contributed by atoms with Crippen molar-refractivity contribution in [1.29, 1.82) is 0 Å². The molecule has 1 heterocycles. The van der Waals surface area contributed by atoms with Gasteiger partial charge in [0.25, 0.3) is 5.91 Å². The first-order chi connectivity index (χ1) is 21.1. The number of halogens is 1. The summed E-state index contributed by atoms with van der Waals surface area (Å²) >= 11 is 3.68. The lowest BCUT2D eigenvalue weighted by molar-refractivity contribution is -0.129. The third-order valence-corrected chi connectivity index (χ3v) is 7.82. The average molecular weight is 641 g/mol. The Morgan fingerprint density at radius 2 is 1.65 bits per heavy atom. The van der Waals surface area contributed by atoms with E-state index in [1.807, 2.05) is 121 Å². The number of benzene rings is 4. The molecule has 0 saturated carbocycles. The van der Waals surface area contributed by atoms with Crippen LogP contribution < -0.4 is 15.6 Å². The third-order valence-electron chi connectivity index (χ3n) is 7.09. The molecular weight excluding hydrogens is 606 g/mol. The molecule has 4 aromatic rings. The van der Waals surface area contributed by atoms with Crippen LogP contribution in [0.3, 0.4) is 0 Å². The molecule has 1 aliphatic rings. The highest BCUT2D eigenvalue weighted by Gasteiger charge is 2.53. The lowest BCUT2D eigenvalue weighted by Crippen LogP contribution is -2.52. The van der Waals surface area contributed by atoms with Crippen molar-refractivity contribution in [2.75, 3.05) is 13.2 Å². The van der Waals surface area contributed by atoms with Gasteiger partial charge in [0, 0.05) is 41.6 Å². The molecule has 1 aliphatic heterocycles. The SMILES string of the molecule is O=C(NNCc1ccccc1)[C@@]1(C/C=C/c2ccccc2)N=C(c2ccc(OCCCO)cc2)O[C@H]1c1ccccc1Br. The number of ether oxygens (including phenoxy) is 2. The molecule has 1 amide bonds. The zero-order chi connectivity index (χ0) is 29.9. The molecule has 0 unspecified atom stereocenters. The molecular formula is C35H34BrN3O4. The maximum Gasteiger partial charge on any atom is 0.266 e. The number of carbonyl (C=O) groups is 1. The standard InChI is InChI=1S/C35H34BrN3O4/c36-31-17-8-7-16-30(31)32-35(22-9-15-26-11-3-1-4-12-26,34(41)39-37-25-27-13-5-2-6-14-27)38-33(43-32)28-18-20-29(21-19-28)42-24-10-23-40/h1-9,11-21,32,37,40H,10,22-25H2,(H,39,41)/b15-9+/t32-,35-/m0/s1. The highest BCUT2D eigenvalue weighted by molar-refractivity contribution is 9.10. The highest BCUT2D eigenvalue weighted by Crippen LogP contribution is 2.45. The smallest absolute Gasteiger partial charge is 0.266 e. The minimum atomic E-state index is -1.32. The molecule has 0 aliphatic carbocycles. The molecule has 2 atom stereocenters. The van der Waals surface area contributed by atoms with E-state index < -0.39 is 11.6 Å². The fourth-order valence-corrected chi connectivity index (χ4v) is 5.34. The normalized spacial score (nSPS) is 17.8. The van der Waals surface area contributed by atoms with Crippen molar-refractivity contribution in [3.05, 3.63) is 142 Å². The Morgan fingerprint density at radius 1 is 0.953 bits per heavy atom. The van der Waals surface area contributed by atoms with Gasteiger partial charge >= 0.3 is 0 Å². The molecule has 0 aromatic heterocycles. The number of rotatable bonds is 13. The van der Waals surface area contributed by atoms with Crippen molar-refractivity contribution in [2.24, 2.45) is 4.99 Å². The summed E-state index contributed by atoms with van der Waals surface area (Å²) in [5, 5.41) is 9.04. The molecule has 3 N–H and O–H groups in total. The van der Waals surface area contributed by atoms with Gasteiger partial charge in [0.2, 0.25) is 5.90 Å². The van der Waals surface area contributed by atoms with Crippen LogP contribution in [-0.4, -0.2) is 35.7 Å². The Bertz CT molecular complexity index is 1540. The number of aliphatic hydroxyl groups is 1. The number of nitrogens with zero attached hydrogens (tertiary/aromatic N) is 1. The van der Waals surface area contributed by atoms with E-state index in [2.05, 4.69) is 26.8 Å². The van der Waals surface area contributed by atoms with Crippen molar-refractivity contribution < 1.29 is 19.4 Å². The van der Waals surface area contributed by atoms with E-state index >= 15 is 0 Å². The van der Waals surface area contributed by atoms with E-state index in [4.69, 9.17) is 19.6 Å². The van der Waals surface area contributed by atoms with Crippen LogP contribution in [-0.2, 0) is 16.1 Å².